The number of para-hydroxylation sites is 1. The summed E-state index contributed by atoms with van der Waals surface area (Å²) in [5, 5.41) is 7.28. The van der Waals surface area contributed by atoms with Crippen molar-refractivity contribution in [3.63, 3.8) is 0 Å². The lowest BCUT2D eigenvalue weighted by Gasteiger charge is -2.10. The van der Waals surface area contributed by atoms with Crippen LogP contribution >= 0.6 is 0 Å². The molecule has 108 valence electrons. The number of rotatable bonds is 5. The number of benzene rings is 2. The third-order valence-electron chi connectivity index (χ3n) is 2.54. The first-order chi connectivity index (χ1) is 10.2. The minimum absolute atomic E-state index is 0.0951. The first-order valence-corrected chi connectivity index (χ1v) is 6.22. The summed E-state index contributed by atoms with van der Waals surface area (Å²) >= 11 is 0. The summed E-state index contributed by atoms with van der Waals surface area (Å²) in [4.78, 5) is 0. The van der Waals surface area contributed by atoms with Gasteiger partial charge in [0.05, 0.1) is 13.3 Å². The van der Waals surface area contributed by atoms with Gasteiger partial charge in [0.1, 0.15) is 5.75 Å². The van der Waals surface area contributed by atoms with E-state index >= 15 is 0 Å². The maximum Gasteiger partial charge on any atom is 0.211 e. The monoisotopic (exact) mass is 284 g/mol. The van der Waals surface area contributed by atoms with Gasteiger partial charge in [0.2, 0.25) is 5.96 Å². The van der Waals surface area contributed by atoms with Crippen LogP contribution in [0.3, 0.4) is 0 Å². The molecule has 0 saturated carbocycles. The van der Waals surface area contributed by atoms with Gasteiger partial charge in [-0.2, -0.15) is 5.10 Å². The van der Waals surface area contributed by atoms with Crippen molar-refractivity contribution in [1.29, 1.82) is 0 Å². The van der Waals surface area contributed by atoms with E-state index in [0.717, 1.165) is 11.3 Å². The van der Waals surface area contributed by atoms with Gasteiger partial charge in [0, 0.05) is 0 Å². The lowest BCUT2D eigenvalue weighted by Crippen LogP contribution is -2.21. The van der Waals surface area contributed by atoms with Crippen LogP contribution in [0.15, 0.2) is 58.7 Å². The number of guanidine groups is 1. The Labute approximate surface area is 122 Å². The van der Waals surface area contributed by atoms with Crippen LogP contribution in [0.5, 0.6) is 17.2 Å². The van der Waals surface area contributed by atoms with Gasteiger partial charge in [-0.3, -0.25) is 0 Å². The molecule has 4 N–H and O–H groups in total. The Bertz CT molecular complexity index is 650. The van der Waals surface area contributed by atoms with Crippen molar-refractivity contribution in [2.75, 3.05) is 7.11 Å². The molecular formula is C15H16N4O2. The van der Waals surface area contributed by atoms with E-state index in [1.807, 2.05) is 36.4 Å². The average molecular weight is 284 g/mol. The summed E-state index contributed by atoms with van der Waals surface area (Å²) in [6, 6.07) is 14.9. The highest BCUT2D eigenvalue weighted by molar-refractivity contribution is 5.82. The van der Waals surface area contributed by atoms with Crippen molar-refractivity contribution in [3.8, 4) is 17.2 Å². The Morgan fingerprint density at radius 1 is 1.05 bits per heavy atom. The largest absolute Gasteiger partial charge is 0.493 e. The molecule has 0 heterocycles. The molecule has 0 fully saturated rings. The minimum Gasteiger partial charge on any atom is -0.493 e. The van der Waals surface area contributed by atoms with E-state index in [0.29, 0.717) is 11.5 Å². The van der Waals surface area contributed by atoms with Crippen LogP contribution < -0.4 is 20.9 Å². The summed E-state index contributed by atoms with van der Waals surface area (Å²) in [7, 11) is 1.57. The third-order valence-corrected chi connectivity index (χ3v) is 2.54. The molecular weight excluding hydrogens is 268 g/mol. The molecule has 2 rings (SSSR count). The molecule has 0 radical (unpaired) electrons. The molecule has 0 amide bonds. The summed E-state index contributed by atoms with van der Waals surface area (Å²) < 4.78 is 11.1. The highest BCUT2D eigenvalue weighted by Crippen LogP contribution is 2.31. The fourth-order valence-electron chi connectivity index (χ4n) is 1.63. The van der Waals surface area contributed by atoms with Gasteiger partial charge in [-0.05, 0) is 35.9 Å². The summed E-state index contributed by atoms with van der Waals surface area (Å²) in [5.74, 6) is 1.84. The normalized spacial score (nSPS) is 10.3. The van der Waals surface area contributed by atoms with E-state index in [-0.39, 0.29) is 5.96 Å². The molecule has 0 saturated heterocycles. The second-order valence-electron chi connectivity index (χ2n) is 4.09. The number of nitrogens with two attached hydrogens (primary N) is 2. The van der Waals surface area contributed by atoms with E-state index in [4.69, 9.17) is 20.9 Å². The zero-order chi connectivity index (χ0) is 15.1. The smallest absolute Gasteiger partial charge is 0.211 e. The zero-order valence-electron chi connectivity index (χ0n) is 11.6. The van der Waals surface area contributed by atoms with Crippen LogP contribution in [0, 0.1) is 0 Å². The van der Waals surface area contributed by atoms with E-state index in [1.165, 1.54) is 6.21 Å². The molecule has 21 heavy (non-hydrogen) atoms. The molecule has 0 aliphatic rings. The Hall–Kier alpha value is -3.02. The van der Waals surface area contributed by atoms with Gasteiger partial charge in [-0.1, -0.05) is 18.2 Å². The van der Waals surface area contributed by atoms with Gasteiger partial charge >= 0.3 is 0 Å². The van der Waals surface area contributed by atoms with E-state index in [2.05, 4.69) is 10.2 Å². The van der Waals surface area contributed by atoms with Crippen LogP contribution in [-0.2, 0) is 0 Å². The first-order valence-electron chi connectivity index (χ1n) is 6.22. The van der Waals surface area contributed by atoms with Crippen LogP contribution in [0.25, 0.3) is 0 Å². The van der Waals surface area contributed by atoms with Crippen LogP contribution in [0.1, 0.15) is 5.56 Å². The number of methoxy groups -OCH3 is 1. The average Bonchev–Trinajstić information content (AvgIpc) is 2.49. The summed E-state index contributed by atoms with van der Waals surface area (Å²) in [6.45, 7) is 0. The van der Waals surface area contributed by atoms with Gasteiger partial charge < -0.3 is 20.9 Å². The molecule has 6 nitrogen and oxygen atoms in total. The molecule has 2 aromatic rings. The SMILES string of the molecule is COc1cc(/C=N/N=C(N)N)ccc1Oc1ccccc1. The molecule has 0 aromatic heterocycles. The fourth-order valence-corrected chi connectivity index (χ4v) is 1.63. The van der Waals surface area contributed by atoms with Gasteiger partial charge in [0.15, 0.2) is 11.5 Å². The standard InChI is InChI=1S/C15H16N4O2/c1-20-14-9-11(10-18-19-15(16)17)7-8-13(14)21-12-5-3-2-4-6-12/h2-10H,1H3,(H4,16,17,19)/b18-10+. The fraction of sp³-hybridized carbons (Fsp3) is 0.0667. The molecule has 6 heteroatoms. The van der Waals surface area contributed by atoms with Crippen molar-refractivity contribution in [1.82, 2.24) is 0 Å². The summed E-state index contributed by atoms with van der Waals surface area (Å²) in [6.07, 6.45) is 1.52. The maximum atomic E-state index is 5.76. The topological polar surface area (TPSA) is 95.2 Å². The second kappa shape index (κ2) is 6.95. The Kier molecular flexibility index (Phi) is 4.76. The molecule has 2 aromatic carbocycles. The predicted molar refractivity (Wildman–Crippen MR) is 82.9 cm³/mol. The molecule has 0 bridgehead atoms. The number of ether oxygens (including phenoxy) is 2. The third kappa shape index (κ3) is 4.24. The van der Waals surface area contributed by atoms with Crippen LogP contribution in [-0.4, -0.2) is 19.3 Å². The molecule has 0 spiro atoms. The molecule has 0 atom stereocenters. The zero-order valence-corrected chi connectivity index (χ0v) is 11.6. The van der Waals surface area contributed by atoms with E-state index in [1.54, 1.807) is 19.2 Å². The Morgan fingerprint density at radius 3 is 2.48 bits per heavy atom. The van der Waals surface area contributed by atoms with Crippen molar-refractivity contribution >= 4 is 12.2 Å². The highest BCUT2D eigenvalue weighted by atomic mass is 16.5. The van der Waals surface area contributed by atoms with Gasteiger partial charge in [0.25, 0.3) is 0 Å². The number of nitrogens with zero attached hydrogens (tertiary/aromatic N) is 2. The maximum absolute atomic E-state index is 5.76. The Balaban J connectivity index is 2.20. The van der Waals surface area contributed by atoms with Crippen molar-refractivity contribution in [3.05, 3.63) is 54.1 Å². The Morgan fingerprint density at radius 2 is 1.81 bits per heavy atom. The van der Waals surface area contributed by atoms with Crippen molar-refractivity contribution < 1.29 is 9.47 Å². The van der Waals surface area contributed by atoms with Gasteiger partial charge in [-0.25, -0.2) is 0 Å². The molecule has 0 aliphatic carbocycles. The van der Waals surface area contributed by atoms with E-state index < -0.39 is 0 Å². The second-order valence-corrected chi connectivity index (χ2v) is 4.09. The number of hydrogen-bond acceptors (Lipinski definition) is 4. The minimum atomic E-state index is -0.0951. The number of hydrogen-bond donors (Lipinski definition) is 2. The van der Waals surface area contributed by atoms with Crippen molar-refractivity contribution in [2.45, 2.75) is 0 Å². The first kappa shape index (κ1) is 14.4. The van der Waals surface area contributed by atoms with Crippen molar-refractivity contribution in [2.24, 2.45) is 21.7 Å². The lowest BCUT2D eigenvalue weighted by molar-refractivity contribution is 0.379. The summed E-state index contributed by atoms with van der Waals surface area (Å²) in [5.41, 5.74) is 11.2. The van der Waals surface area contributed by atoms with Crippen LogP contribution in [0.2, 0.25) is 0 Å². The predicted octanol–water partition coefficient (Wildman–Crippen LogP) is 2.09. The molecule has 0 unspecified atom stereocenters. The highest BCUT2D eigenvalue weighted by Gasteiger charge is 2.06. The van der Waals surface area contributed by atoms with Crippen LogP contribution in [0.4, 0.5) is 0 Å². The quantitative estimate of drug-likeness (QED) is 0.499. The molecule has 0 aliphatic heterocycles. The van der Waals surface area contributed by atoms with Gasteiger partial charge in [-0.15, -0.1) is 5.10 Å². The van der Waals surface area contributed by atoms with E-state index in [9.17, 15) is 0 Å². The lowest BCUT2D eigenvalue weighted by atomic mass is 10.2.